The number of hydrogen-bond acceptors (Lipinski definition) is 2. The highest BCUT2D eigenvalue weighted by atomic mass is 32.2. The minimum Gasteiger partial charge on any atom is -0.313 e. The zero-order valence-corrected chi connectivity index (χ0v) is 8.12. The lowest BCUT2D eigenvalue weighted by Crippen LogP contribution is -2.29. The fourth-order valence-corrected chi connectivity index (χ4v) is 2.36. The zero-order chi connectivity index (χ0) is 8.27. The highest BCUT2D eigenvalue weighted by Gasteiger charge is 2.17. The van der Waals surface area contributed by atoms with E-state index in [-0.39, 0.29) is 0 Å². The first-order valence-corrected chi connectivity index (χ1v) is 5.69. The highest BCUT2D eigenvalue weighted by molar-refractivity contribution is 7.85. The molecule has 0 aromatic rings. The molecular formula is C8H17NOS. The van der Waals surface area contributed by atoms with Gasteiger partial charge in [-0.1, -0.05) is 13.8 Å². The van der Waals surface area contributed by atoms with E-state index in [1.54, 1.807) is 0 Å². The summed E-state index contributed by atoms with van der Waals surface area (Å²) in [5.41, 5.74) is 0. The molecule has 0 radical (unpaired) electrons. The third-order valence-corrected chi connectivity index (χ3v) is 3.84. The summed E-state index contributed by atoms with van der Waals surface area (Å²) in [7, 11) is -0.624. The quantitative estimate of drug-likeness (QED) is 0.690. The lowest BCUT2D eigenvalue weighted by Gasteiger charge is -2.11. The fraction of sp³-hybridized carbons (Fsp3) is 1.00. The zero-order valence-electron chi connectivity index (χ0n) is 7.30. The molecule has 1 N–H and O–H groups in total. The Morgan fingerprint density at radius 2 is 2.36 bits per heavy atom. The summed E-state index contributed by atoms with van der Waals surface area (Å²) in [5, 5.41) is 3.67. The van der Waals surface area contributed by atoms with Gasteiger partial charge in [0.15, 0.2) is 0 Å². The maximum Gasteiger partial charge on any atom is 0.0391 e. The summed E-state index contributed by atoms with van der Waals surface area (Å²) in [6.45, 7) is 5.15. The van der Waals surface area contributed by atoms with Crippen LogP contribution < -0.4 is 5.32 Å². The average molecular weight is 175 g/mol. The third-order valence-electron chi connectivity index (χ3n) is 2.05. The molecule has 0 amide bonds. The molecule has 2 atom stereocenters. The van der Waals surface area contributed by atoms with Crippen molar-refractivity contribution in [3.63, 3.8) is 0 Å². The van der Waals surface area contributed by atoms with Gasteiger partial charge in [-0.05, 0) is 19.4 Å². The summed E-state index contributed by atoms with van der Waals surface area (Å²) < 4.78 is 11.4. The first kappa shape index (κ1) is 9.20. The second-order valence-corrected chi connectivity index (χ2v) is 5.43. The van der Waals surface area contributed by atoms with Crippen LogP contribution in [0.25, 0.3) is 0 Å². The van der Waals surface area contributed by atoms with E-state index in [1.165, 1.54) is 12.8 Å². The van der Waals surface area contributed by atoms with Gasteiger partial charge in [-0.2, -0.15) is 0 Å². The average Bonchev–Trinajstić information content (AvgIpc) is 2.39. The van der Waals surface area contributed by atoms with Crippen LogP contribution in [0.4, 0.5) is 0 Å². The minimum absolute atomic E-state index is 0.317. The summed E-state index contributed by atoms with van der Waals surface area (Å²) in [6, 6.07) is 0.526. The Labute approximate surface area is 71.2 Å². The van der Waals surface area contributed by atoms with Gasteiger partial charge in [-0.3, -0.25) is 4.21 Å². The van der Waals surface area contributed by atoms with Crippen molar-refractivity contribution in [1.82, 2.24) is 5.32 Å². The van der Waals surface area contributed by atoms with Crippen LogP contribution in [0.5, 0.6) is 0 Å². The first-order valence-electron chi connectivity index (χ1n) is 4.30. The Kier molecular flexibility index (Phi) is 3.52. The van der Waals surface area contributed by atoms with Gasteiger partial charge in [-0.15, -0.1) is 0 Å². The standard InChI is InChI=1S/C8H17NOS/c1-7(2)11(10)6-8-4-3-5-9-8/h7-9H,3-6H2,1-2H3/t8-,11?/m1/s1. The van der Waals surface area contributed by atoms with Crippen molar-refractivity contribution in [2.24, 2.45) is 0 Å². The molecule has 0 spiro atoms. The lowest BCUT2D eigenvalue weighted by molar-refractivity contribution is 0.638. The van der Waals surface area contributed by atoms with Gasteiger partial charge in [-0.25, -0.2) is 0 Å². The van der Waals surface area contributed by atoms with E-state index in [0.29, 0.717) is 11.3 Å². The van der Waals surface area contributed by atoms with E-state index in [4.69, 9.17) is 0 Å². The smallest absolute Gasteiger partial charge is 0.0391 e. The van der Waals surface area contributed by atoms with E-state index in [9.17, 15) is 4.21 Å². The van der Waals surface area contributed by atoms with Crippen LogP contribution in [-0.4, -0.2) is 27.8 Å². The molecule has 1 saturated heterocycles. The van der Waals surface area contributed by atoms with Gasteiger partial charge >= 0.3 is 0 Å². The molecule has 0 aromatic carbocycles. The van der Waals surface area contributed by atoms with Crippen molar-refractivity contribution in [2.75, 3.05) is 12.3 Å². The summed E-state index contributed by atoms with van der Waals surface area (Å²) in [4.78, 5) is 0. The Morgan fingerprint density at radius 3 is 2.82 bits per heavy atom. The molecule has 1 heterocycles. The molecule has 2 nitrogen and oxygen atoms in total. The van der Waals surface area contributed by atoms with Gasteiger partial charge in [0.25, 0.3) is 0 Å². The molecule has 66 valence electrons. The second kappa shape index (κ2) is 4.21. The maximum absolute atomic E-state index is 11.4. The van der Waals surface area contributed by atoms with E-state index < -0.39 is 10.8 Å². The Bertz CT molecular complexity index is 141. The molecular weight excluding hydrogens is 158 g/mol. The Morgan fingerprint density at radius 1 is 1.64 bits per heavy atom. The summed E-state index contributed by atoms with van der Waals surface area (Å²) >= 11 is 0. The fourth-order valence-electron chi connectivity index (χ4n) is 1.29. The van der Waals surface area contributed by atoms with Gasteiger partial charge in [0.05, 0.1) is 0 Å². The summed E-state index contributed by atoms with van der Waals surface area (Å²) in [5.74, 6) is 0.845. The van der Waals surface area contributed by atoms with Gasteiger partial charge in [0, 0.05) is 27.8 Å². The van der Waals surface area contributed by atoms with Gasteiger partial charge in [0.1, 0.15) is 0 Å². The van der Waals surface area contributed by atoms with Crippen molar-refractivity contribution in [3.05, 3.63) is 0 Å². The van der Waals surface area contributed by atoms with E-state index in [2.05, 4.69) is 5.32 Å². The van der Waals surface area contributed by atoms with Crippen molar-refractivity contribution in [2.45, 2.75) is 38.0 Å². The maximum atomic E-state index is 11.4. The van der Waals surface area contributed by atoms with Crippen LogP contribution in [-0.2, 0) is 10.8 Å². The third kappa shape index (κ3) is 2.91. The van der Waals surface area contributed by atoms with Gasteiger partial charge < -0.3 is 5.32 Å². The number of rotatable bonds is 3. The van der Waals surface area contributed by atoms with Crippen molar-refractivity contribution in [1.29, 1.82) is 0 Å². The largest absolute Gasteiger partial charge is 0.313 e. The van der Waals surface area contributed by atoms with E-state index >= 15 is 0 Å². The van der Waals surface area contributed by atoms with Crippen LogP contribution in [0, 0.1) is 0 Å². The monoisotopic (exact) mass is 175 g/mol. The second-order valence-electron chi connectivity index (χ2n) is 3.39. The van der Waals surface area contributed by atoms with Crippen molar-refractivity contribution >= 4 is 10.8 Å². The predicted molar refractivity (Wildman–Crippen MR) is 49.2 cm³/mol. The lowest BCUT2D eigenvalue weighted by atomic mass is 10.3. The Balaban J connectivity index is 2.24. The molecule has 11 heavy (non-hydrogen) atoms. The molecule has 3 heteroatoms. The normalized spacial score (nSPS) is 27.7. The minimum atomic E-state index is -0.624. The molecule has 1 fully saturated rings. The predicted octanol–water partition coefficient (Wildman–Crippen LogP) is 0.895. The molecule has 0 aliphatic carbocycles. The van der Waals surface area contributed by atoms with Crippen molar-refractivity contribution < 1.29 is 4.21 Å². The van der Waals surface area contributed by atoms with E-state index in [1.807, 2.05) is 13.8 Å². The number of hydrogen-bond donors (Lipinski definition) is 1. The molecule has 0 saturated carbocycles. The highest BCUT2D eigenvalue weighted by Crippen LogP contribution is 2.07. The molecule has 1 aliphatic heterocycles. The SMILES string of the molecule is CC(C)S(=O)C[C@H]1CCCN1. The van der Waals surface area contributed by atoms with Crippen molar-refractivity contribution in [3.8, 4) is 0 Å². The van der Waals surface area contributed by atoms with Crippen LogP contribution in [0.2, 0.25) is 0 Å². The Hall–Kier alpha value is 0.110. The van der Waals surface area contributed by atoms with Crippen LogP contribution >= 0.6 is 0 Å². The van der Waals surface area contributed by atoms with Crippen LogP contribution in [0.15, 0.2) is 0 Å². The summed E-state index contributed by atoms with van der Waals surface area (Å²) in [6.07, 6.45) is 2.46. The van der Waals surface area contributed by atoms with Crippen LogP contribution in [0.1, 0.15) is 26.7 Å². The topological polar surface area (TPSA) is 29.1 Å². The molecule has 1 unspecified atom stereocenters. The number of nitrogens with one attached hydrogen (secondary N) is 1. The molecule has 1 rings (SSSR count). The molecule has 1 aliphatic rings. The van der Waals surface area contributed by atoms with Gasteiger partial charge in [0.2, 0.25) is 0 Å². The van der Waals surface area contributed by atoms with Crippen LogP contribution in [0.3, 0.4) is 0 Å². The first-order chi connectivity index (χ1) is 5.20. The molecule has 0 aromatic heterocycles. The molecule has 0 bridgehead atoms. The van der Waals surface area contributed by atoms with E-state index in [0.717, 1.165) is 12.3 Å².